The van der Waals surface area contributed by atoms with E-state index in [9.17, 15) is 8.42 Å². The van der Waals surface area contributed by atoms with Gasteiger partial charge in [0.2, 0.25) is 10.0 Å². The van der Waals surface area contributed by atoms with E-state index in [-0.39, 0.29) is 17.5 Å². The zero-order valence-electron chi connectivity index (χ0n) is 11.9. The van der Waals surface area contributed by atoms with E-state index in [1.54, 1.807) is 13.0 Å². The molecule has 0 heterocycles. The lowest BCUT2D eigenvalue weighted by Crippen LogP contribution is -2.37. The van der Waals surface area contributed by atoms with Crippen molar-refractivity contribution in [2.45, 2.75) is 37.8 Å². The molecule has 5 nitrogen and oxygen atoms in total. The molecule has 7 heteroatoms. The van der Waals surface area contributed by atoms with Gasteiger partial charge in [0.25, 0.3) is 0 Å². The molecule has 0 aliphatic carbocycles. The molecule has 3 N–H and O–H groups in total. The summed E-state index contributed by atoms with van der Waals surface area (Å²) >= 11 is 5.97. The van der Waals surface area contributed by atoms with Crippen LogP contribution in [0.3, 0.4) is 0 Å². The number of benzene rings is 1. The van der Waals surface area contributed by atoms with Gasteiger partial charge in [-0.1, -0.05) is 18.5 Å². The van der Waals surface area contributed by atoms with Crippen LogP contribution in [0, 0.1) is 6.92 Å². The summed E-state index contributed by atoms with van der Waals surface area (Å²) in [6, 6.07) is 2.85. The van der Waals surface area contributed by atoms with Crippen LogP contribution in [0.4, 0.5) is 0 Å². The minimum atomic E-state index is -3.65. The smallest absolute Gasteiger partial charge is 0.241 e. The van der Waals surface area contributed by atoms with Crippen LogP contribution in [0.15, 0.2) is 17.0 Å². The van der Waals surface area contributed by atoms with Crippen LogP contribution < -0.4 is 10.5 Å². The Kier molecular flexibility index (Phi) is 6.42. The van der Waals surface area contributed by atoms with E-state index >= 15 is 0 Å². The third kappa shape index (κ3) is 4.17. The first-order chi connectivity index (χ1) is 9.35. The van der Waals surface area contributed by atoms with Crippen LogP contribution in [0.1, 0.15) is 24.5 Å². The Hall–Kier alpha value is -0.660. The van der Waals surface area contributed by atoms with E-state index in [1.807, 2.05) is 6.92 Å². The highest BCUT2D eigenvalue weighted by atomic mass is 35.5. The van der Waals surface area contributed by atoms with Gasteiger partial charge in [-0.15, -0.1) is 0 Å². The lowest BCUT2D eigenvalue weighted by molar-refractivity contribution is 0.173. The molecule has 0 saturated carbocycles. The molecule has 0 radical (unpaired) electrons. The fraction of sp³-hybridized carbons (Fsp3) is 0.538. The molecule has 1 aromatic rings. The van der Waals surface area contributed by atoms with Crippen molar-refractivity contribution in [3.8, 4) is 0 Å². The lowest BCUT2D eigenvalue weighted by Gasteiger charge is -2.18. The molecule has 0 spiro atoms. The molecule has 20 heavy (non-hydrogen) atoms. The molecule has 0 fully saturated rings. The van der Waals surface area contributed by atoms with Gasteiger partial charge >= 0.3 is 0 Å². The van der Waals surface area contributed by atoms with Gasteiger partial charge in [0.1, 0.15) is 0 Å². The molecule has 0 aromatic heterocycles. The standard InChI is InChI=1S/C13H21ClN2O3S/c1-4-12(8-19-3)16-20(17,18)13-6-11(14)5-10(7-15)9(13)2/h5-6,12,16H,4,7-8,15H2,1-3H3. The first kappa shape index (κ1) is 17.4. The summed E-state index contributed by atoms with van der Waals surface area (Å²) in [6.07, 6.45) is 0.635. The van der Waals surface area contributed by atoms with Gasteiger partial charge in [0.05, 0.1) is 11.5 Å². The summed E-state index contributed by atoms with van der Waals surface area (Å²) in [5.74, 6) is 0. The second-order valence-electron chi connectivity index (χ2n) is 4.57. The topological polar surface area (TPSA) is 81.4 Å². The molecular formula is C13H21ClN2O3S. The Morgan fingerprint density at radius 3 is 2.60 bits per heavy atom. The molecule has 0 aliphatic heterocycles. The van der Waals surface area contributed by atoms with Crippen molar-refractivity contribution in [1.82, 2.24) is 4.72 Å². The highest BCUT2D eigenvalue weighted by Gasteiger charge is 2.22. The number of halogens is 1. The molecule has 1 aromatic carbocycles. The van der Waals surface area contributed by atoms with E-state index in [2.05, 4.69) is 4.72 Å². The Morgan fingerprint density at radius 2 is 2.10 bits per heavy atom. The van der Waals surface area contributed by atoms with Crippen molar-refractivity contribution in [2.75, 3.05) is 13.7 Å². The van der Waals surface area contributed by atoms with Crippen LogP contribution in [-0.2, 0) is 21.3 Å². The minimum absolute atomic E-state index is 0.167. The van der Waals surface area contributed by atoms with Crippen molar-refractivity contribution in [3.05, 3.63) is 28.3 Å². The van der Waals surface area contributed by atoms with Crippen LogP contribution in [0.5, 0.6) is 0 Å². The number of nitrogens with one attached hydrogen (secondary N) is 1. The second kappa shape index (κ2) is 7.38. The molecular weight excluding hydrogens is 300 g/mol. The number of ether oxygens (including phenoxy) is 1. The normalized spacial score (nSPS) is 13.4. The Bertz CT molecular complexity index is 561. The molecule has 0 bridgehead atoms. The predicted molar refractivity (Wildman–Crippen MR) is 80.4 cm³/mol. The molecule has 0 aliphatic rings. The summed E-state index contributed by atoms with van der Waals surface area (Å²) in [5.41, 5.74) is 6.95. The van der Waals surface area contributed by atoms with Crippen molar-refractivity contribution in [3.63, 3.8) is 0 Å². The SMILES string of the molecule is CCC(COC)NS(=O)(=O)c1cc(Cl)cc(CN)c1C. The number of nitrogens with two attached hydrogens (primary N) is 1. The third-order valence-electron chi connectivity index (χ3n) is 3.12. The number of sulfonamides is 1. The van der Waals surface area contributed by atoms with Gasteiger partial charge in [-0.2, -0.15) is 0 Å². The van der Waals surface area contributed by atoms with Gasteiger partial charge in [0, 0.05) is 24.7 Å². The maximum absolute atomic E-state index is 12.5. The van der Waals surface area contributed by atoms with E-state index in [0.717, 1.165) is 5.56 Å². The predicted octanol–water partition coefficient (Wildman–Crippen LogP) is 1.81. The molecule has 0 saturated heterocycles. The van der Waals surface area contributed by atoms with Crippen LogP contribution in [0.25, 0.3) is 0 Å². The Balaban J connectivity index is 3.18. The Labute approximate surface area is 125 Å². The van der Waals surface area contributed by atoms with Gasteiger partial charge in [-0.05, 0) is 36.6 Å². The zero-order chi connectivity index (χ0) is 15.3. The highest BCUT2D eigenvalue weighted by Crippen LogP contribution is 2.24. The van der Waals surface area contributed by atoms with Crippen LogP contribution >= 0.6 is 11.6 Å². The second-order valence-corrected chi connectivity index (χ2v) is 6.69. The molecule has 1 atom stereocenters. The van der Waals surface area contributed by atoms with Gasteiger partial charge in [0.15, 0.2) is 0 Å². The Morgan fingerprint density at radius 1 is 1.45 bits per heavy atom. The number of hydrogen-bond acceptors (Lipinski definition) is 4. The molecule has 1 rings (SSSR count). The summed E-state index contributed by atoms with van der Waals surface area (Å²) in [6.45, 7) is 4.18. The average molecular weight is 321 g/mol. The minimum Gasteiger partial charge on any atom is -0.383 e. The first-order valence-corrected chi connectivity index (χ1v) is 8.22. The van der Waals surface area contributed by atoms with Crippen LogP contribution in [-0.4, -0.2) is 28.2 Å². The van der Waals surface area contributed by atoms with Crippen molar-refractivity contribution < 1.29 is 13.2 Å². The van der Waals surface area contributed by atoms with Crippen molar-refractivity contribution >= 4 is 21.6 Å². The average Bonchev–Trinajstić information content (AvgIpc) is 2.40. The van der Waals surface area contributed by atoms with Crippen molar-refractivity contribution in [1.29, 1.82) is 0 Å². The maximum Gasteiger partial charge on any atom is 0.241 e. The first-order valence-electron chi connectivity index (χ1n) is 6.36. The van der Waals surface area contributed by atoms with Gasteiger partial charge < -0.3 is 10.5 Å². The zero-order valence-corrected chi connectivity index (χ0v) is 13.5. The summed E-state index contributed by atoms with van der Waals surface area (Å²) in [4.78, 5) is 0.167. The highest BCUT2D eigenvalue weighted by molar-refractivity contribution is 7.89. The summed E-state index contributed by atoms with van der Waals surface area (Å²) in [7, 11) is -2.11. The number of methoxy groups -OCH3 is 1. The largest absolute Gasteiger partial charge is 0.383 e. The lowest BCUT2D eigenvalue weighted by atomic mass is 10.1. The molecule has 1 unspecified atom stereocenters. The third-order valence-corrected chi connectivity index (χ3v) is 4.99. The quantitative estimate of drug-likeness (QED) is 0.803. The molecule has 0 amide bonds. The van der Waals surface area contributed by atoms with Gasteiger partial charge in [-0.3, -0.25) is 0 Å². The van der Waals surface area contributed by atoms with Crippen molar-refractivity contribution in [2.24, 2.45) is 5.73 Å². The fourth-order valence-electron chi connectivity index (χ4n) is 1.92. The summed E-state index contributed by atoms with van der Waals surface area (Å²) < 4.78 is 32.5. The van der Waals surface area contributed by atoms with E-state index in [4.69, 9.17) is 22.1 Å². The van der Waals surface area contributed by atoms with Gasteiger partial charge in [-0.25, -0.2) is 13.1 Å². The number of rotatable bonds is 7. The summed E-state index contributed by atoms with van der Waals surface area (Å²) in [5, 5.41) is 0.358. The monoisotopic (exact) mass is 320 g/mol. The number of hydrogen-bond donors (Lipinski definition) is 2. The van der Waals surface area contributed by atoms with E-state index in [0.29, 0.717) is 23.6 Å². The maximum atomic E-state index is 12.5. The van der Waals surface area contributed by atoms with E-state index in [1.165, 1.54) is 13.2 Å². The fourth-order valence-corrected chi connectivity index (χ4v) is 3.84. The van der Waals surface area contributed by atoms with E-state index < -0.39 is 10.0 Å². The van der Waals surface area contributed by atoms with Crippen LogP contribution in [0.2, 0.25) is 5.02 Å². The molecule has 114 valence electrons.